The molecule has 4 rings (SSSR count). The van der Waals surface area contributed by atoms with Crippen LogP contribution in [-0.2, 0) is 17.9 Å². The Morgan fingerprint density at radius 3 is 3.08 bits per heavy atom. The van der Waals surface area contributed by atoms with Gasteiger partial charge in [-0.15, -0.1) is 0 Å². The Labute approximate surface area is 146 Å². The summed E-state index contributed by atoms with van der Waals surface area (Å²) >= 11 is 0. The number of hydrogen-bond acceptors (Lipinski definition) is 4. The van der Waals surface area contributed by atoms with E-state index in [0.29, 0.717) is 12.2 Å². The number of rotatable bonds is 5. The molecule has 1 aliphatic rings. The maximum Gasteiger partial charge on any atom is 0.155 e. The molecule has 0 spiro atoms. The van der Waals surface area contributed by atoms with Crippen molar-refractivity contribution in [1.29, 1.82) is 0 Å². The summed E-state index contributed by atoms with van der Waals surface area (Å²) in [6, 6.07) is 6.80. The predicted octanol–water partition coefficient (Wildman–Crippen LogP) is 3.05. The number of aromatic nitrogens is 3. The highest BCUT2D eigenvalue weighted by molar-refractivity contribution is 5.36. The summed E-state index contributed by atoms with van der Waals surface area (Å²) in [5, 5.41) is 0. The second-order valence-electron chi connectivity index (χ2n) is 6.46. The molecule has 0 bridgehead atoms. The van der Waals surface area contributed by atoms with Crippen molar-refractivity contribution in [3.63, 3.8) is 0 Å². The molecule has 25 heavy (non-hydrogen) atoms. The number of hydrogen-bond donors (Lipinski definition) is 0. The fourth-order valence-electron chi connectivity index (χ4n) is 3.36. The van der Waals surface area contributed by atoms with E-state index in [0.717, 1.165) is 43.8 Å². The van der Waals surface area contributed by atoms with Gasteiger partial charge in [-0.25, -0.2) is 9.37 Å². The molecular formula is C19H21FN4O. The van der Waals surface area contributed by atoms with Gasteiger partial charge in [-0.2, -0.15) is 0 Å². The summed E-state index contributed by atoms with van der Waals surface area (Å²) in [6.07, 6.45) is 9.61. The zero-order valence-electron chi connectivity index (χ0n) is 14.0. The molecule has 1 atom stereocenters. The van der Waals surface area contributed by atoms with E-state index < -0.39 is 0 Å². The van der Waals surface area contributed by atoms with Gasteiger partial charge in [-0.05, 0) is 25.5 Å². The average molecular weight is 340 g/mol. The first-order chi connectivity index (χ1) is 12.3. The number of nitrogens with zero attached hydrogens (tertiary/aromatic N) is 4. The molecule has 1 saturated heterocycles. The quantitative estimate of drug-likeness (QED) is 0.716. The maximum atomic E-state index is 13.7. The molecule has 6 heteroatoms. The van der Waals surface area contributed by atoms with E-state index in [4.69, 9.17) is 4.74 Å². The molecule has 0 unspecified atom stereocenters. The molecular weight excluding hydrogens is 319 g/mol. The third-order valence-corrected chi connectivity index (χ3v) is 4.67. The van der Waals surface area contributed by atoms with Crippen LogP contribution in [0.1, 0.15) is 24.1 Å². The van der Waals surface area contributed by atoms with E-state index in [-0.39, 0.29) is 11.9 Å². The predicted molar refractivity (Wildman–Crippen MR) is 92.5 cm³/mol. The highest BCUT2D eigenvalue weighted by Gasteiger charge is 2.21. The van der Waals surface area contributed by atoms with Gasteiger partial charge >= 0.3 is 0 Å². The molecule has 0 aliphatic carbocycles. The lowest BCUT2D eigenvalue weighted by Crippen LogP contribution is -2.39. The van der Waals surface area contributed by atoms with Crippen molar-refractivity contribution in [2.24, 2.45) is 0 Å². The van der Waals surface area contributed by atoms with Crippen molar-refractivity contribution >= 4 is 5.65 Å². The number of halogens is 1. The maximum absolute atomic E-state index is 13.7. The summed E-state index contributed by atoms with van der Waals surface area (Å²) in [5.74, 6) is -0.200. The first-order valence-electron chi connectivity index (χ1n) is 8.63. The summed E-state index contributed by atoms with van der Waals surface area (Å²) in [4.78, 5) is 10.9. The molecule has 0 radical (unpaired) electrons. The van der Waals surface area contributed by atoms with Crippen molar-refractivity contribution < 1.29 is 9.13 Å². The fraction of sp³-hybridized carbons (Fsp3) is 0.368. The SMILES string of the molecule is Fc1ccccc1CO[C@H]1CCCN(Cc2cnc3cnccn23)C1. The minimum absolute atomic E-state index is 0.134. The van der Waals surface area contributed by atoms with Gasteiger partial charge in [-0.1, -0.05) is 18.2 Å². The topological polar surface area (TPSA) is 42.7 Å². The number of likely N-dealkylation sites (tertiary alicyclic amines) is 1. The van der Waals surface area contributed by atoms with Gasteiger partial charge in [0.25, 0.3) is 0 Å². The first-order valence-corrected chi connectivity index (χ1v) is 8.63. The zero-order valence-corrected chi connectivity index (χ0v) is 14.0. The Bertz CT molecular complexity index is 850. The zero-order chi connectivity index (χ0) is 17.1. The lowest BCUT2D eigenvalue weighted by atomic mass is 10.1. The number of imidazole rings is 1. The van der Waals surface area contributed by atoms with Crippen LogP contribution in [0.5, 0.6) is 0 Å². The van der Waals surface area contributed by atoms with E-state index in [1.807, 2.05) is 18.5 Å². The van der Waals surface area contributed by atoms with Gasteiger partial charge in [0.15, 0.2) is 5.65 Å². The average Bonchev–Trinajstić information content (AvgIpc) is 3.05. The lowest BCUT2D eigenvalue weighted by molar-refractivity contribution is -0.0133. The van der Waals surface area contributed by atoms with Crippen molar-refractivity contribution in [2.75, 3.05) is 13.1 Å². The van der Waals surface area contributed by atoms with Crippen LogP contribution in [0.4, 0.5) is 4.39 Å². The molecule has 3 aromatic rings. The standard InChI is InChI=1S/C19H21FN4O/c20-18-6-2-1-4-15(18)14-25-17-5-3-8-23(13-17)12-16-10-22-19-11-21-7-9-24(16)19/h1-2,4,6-7,9-11,17H,3,5,8,12-14H2/t17-/m0/s1. The molecule has 2 aromatic heterocycles. The molecule has 1 aliphatic heterocycles. The van der Waals surface area contributed by atoms with Crippen molar-refractivity contribution in [1.82, 2.24) is 19.3 Å². The second kappa shape index (κ2) is 7.29. The highest BCUT2D eigenvalue weighted by atomic mass is 19.1. The summed E-state index contributed by atoms with van der Waals surface area (Å²) in [7, 11) is 0. The smallest absolute Gasteiger partial charge is 0.155 e. The molecule has 1 aromatic carbocycles. The Morgan fingerprint density at radius 1 is 1.24 bits per heavy atom. The van der Waals surface area contributed by atoms with Crippen LogP contribution in [0.3, 0.4) is 0 Å². The Morgan fingerprint density at radius 2 is 2.16 bits per heavy atom. The third-order valence-electron chi connectivity index (χ3n) is 4.67. The van der Waals surface area contributed by atoms with Crippen LogP contribution in [0.2, 0.25) is 0 Å². The van der Waals surface area contributed by atoms with Gasteiger partial charge in [0.2, 0.25) is 0 Å². The molecule has 3 heterocycles. The molecule has 0 saturated carbocycles. The third kappa shape index (κ3) is 3.70. The van der Waals surface area contributed by atoms with Crippen LogP contribution in [0.25, 0.3) is 5.65 Å². The highest BCUT2D eigenvalue weighted by Crippen LogP contribution is 2.18. The van der Waals surface area contributed by atoms with Crippen molar-refractivity contribution in [3.05, 3.63) is 66.1 Å². The summed E-state index contributed by atoms with van der Waals surface area (Å²) in [5.41, 5.74) is 2.63. The van der Waals surface area contributed by atoms with Gasteiger partial charge in [0.1, 0.15) is 5.82 Å². The van der Waals surface area contributed by atoms with E-state index in [1.54, 1.807) is 24.5 Å². The van der Waals surface area contributed by atoms with Gasteiger partial charge in [-0.3, -0.25) is 14.3 Å². The Kier molecular flexibility index (Phi) is 4.72. The molecule has 130 valence electrons. The van der Waals surface area contributed by atoms with E-state index in [1.165, 1.54) is 6.07 Å². The molecule has 0 N–H and O–H groups in total. The van der Waals surface area contributed by atoms with Gasteiger partial charge in [0.05, 0.1) is 30.8 Å². The Hall–Kier alpha value is -2.31. The number of fused-ring (bicyclic) bond motifs is 1. The van der Waals surface area contributed by atoms with Crippen molar-refractivity contribution in [2.45, 2.75) is 32.1 Å². The van der Waals surface area contributed by atoms with E-state index in [2.05, 4.69) is 19.3 Å². The molecule has 1 fully saturated rings. The van der Waals surface area contributed by atoms with E-state index >= 15 is 0 Å². The van der Waals surface area contributed by atoms with Crippen LogP contribution >= 0.6 is 0 Å². The largest absolute Gasteiger partial charge is 0.372 e. The Balaban J connectivity index is 1.37. The first kappa shape index (κ1) is 16.2. The van der Waals surface area contributed by atoms with Crippen LogP contribution in [-0.4, -0.2) is 38.5 Å². The minimum Gasteiger partial charge on any atom is -0.372 e. The van der Waals surface area contributed by atoms with Crippen LogP contribution in [0, 0.1) is 5.82 Å². The summed E-state index contributed by atoms with van der Waals surface area (Å²) in [6.45, 7) is 3.04. The number of benzene rings is 1. The lowest BCUT2D eigenvalue weighted by Gasteiger charge is -2.32. The van der Waals surface area contributed by atoms with Crippen LogP contribution in [0.15, 0.2) is 49.1 Å². The number of piperidine rings is 1. The summed E-state index contributed by atoms with van der Waals surface area (Å²) < 4.78 is 21.8. The number of ether oxygens (including phenoxy) is 1. The fourth-order valence-corrected chi connectivity index (χ4v) is 3.36. The van der Waals surface area contributed by atoms with Gasteiger partial charge < -0.3 is 4.74 Å². The van der Waals surface area contributed by atoms with Crippen LogP contribution < -0.4 is 0 Å². The minimum atomic E-state index is -0.200. The monoisotopic (exact) mass is 340 g/mol. The van der Waals surface area contributed by atoms with Gasteiger partial charge in [0, 0.05) is 31.0 Å². The normalized spacial score (nSPS) is 18.7. The second-order valence-corrected chi connectivity index (χ2v) is 6.46. The van der Waals surface area contributed by atoms with Crippen molar-refractivity contribution in [3.8, 4) is 0 Å². The van der Waals surface area contributed by atoms with E-state index in [9.17, 15) is 4.39 Å². The molecule has 0 amide bonds. The molecule has 5 nitrogen and oxygen atoms in total.